The van der Waals surface area contributed by atoms with Crippen LogP contribution in [0.2, 0.25) is 0 Å². The predicted octanol–water partition coefficient (Wildman–Crippen LogP) is 4.77. The second-order valence-electron chi connectivity index (χ2n) is 14.4. The molecule has 11 nitrogen and oxygen atoms in total. The second-order valence-corrected chi connectivity index (χ2v) is 14.4. The number of amides is 1. The first-order valence-corrected chi connectivity index (χ1v) is 19.9. The Morgan fingerprint density at radius 2 is 1.06 bits per heavy atom. The first-order valence-electron chi connectivity index (χ1n) is 19.9. The highest BCUT2D eigenvalue weighted by atomic mass is 16.7. The lowest BCUT2D eigenvalue weighted by Gasteiger charge is -2.40. The van der Waals surface area contributed by atoms with Crippen molar-refractivity contribution in [1.82, 2.24) is 5.32 Å². The molecule has 0 aromatic carbocycles. The Morgan fingerprint density at radius 1 is 0.633 bits per heavy atom. The maximum Gasteiger partial charge on any atom is 0.249 e. The van der Waals surface area contributed by atoms with Crippen LogP contribution in [0.1, 0.15) is 168 Å². The summed E-state index contributed by atoms with van der Waals surface area (Å²) in [6.07, 6.45) is 14.5. The lowest BCUT2D eigenvalue weighted by Crippen LogP contribution is -2.60. The molecule has 49 heavy (non-hydrogen) atoms. The molecule has 8 N–H and O–H groups in total. The van der Waals surface area contributed by atoms with Crippen LogP contribution in [0.3, 0.4) is 0 Å². The van der Waals surface area contributed by atoms with Gasteiger partial charge >= 0.3 is 0 Å². The number of nitrogens with one attached hydrogen (secondary N) is 1. The summed E-state index contributed by atoms with van der Waals surface area (Å²) >= 11 is 0. The van der Waals surface area contributed by atoms with E-state index in [-0.39, 0.29) is 6.42 Å². The van der Waals surface area contributed by atoms with Crippen LogP contribution in [0.5, 0.6) is 0 Å². The molecule has 1 saturated heterocycles. The van der Waals surface area contributed by atoms with Gasteiger partial charge in [-0.15, -0.1) is 0 Å². The Kier molecular flexibility index (Phi) is 27.9. The molecule has 11 heteroatoms. The van der Waals surface area contributed by atoms with E-state index in [0.29, 0.717) is 19.3 Å². The Labute approximate surface area is 297 Å². The number of aliphatic hydroxyl groups excluding tert-OH is 7. The number of hydrogen-bond donors (Lipinski definition) is 8. The Balaban J connectivity index is 2.56. The number of ether oxygens (including phenoxy) is 2. The predicted molar refractivity (Wildman–Crippen MR) is 192 cm³/mol. The van der Waals surface area contributed by atoms with Crippen LogP contribution in [-0.4, -0.2) is 110 Å². The summed E-state index contributed by atoms with van der Waals surface area (Å²) in [5.41, 5.74) is 0. The van der Waals surface area contributed by atoms with Crippen LogP contribution in [0, 0.1) is 0 Å². The fourth-order valence-electron chi connectivity index (χ4n) is 6.50. The molecule has 0 aromatic rings. The summed E-state index contributed by atoms with van der Waals surface area (Å²) in [6, 6.07) is -1.16. The van der Waals surface area contributed by atoms with E-state index in [4.69, 9.17) is 9.47 Å². The normalized spacial score (nSPS) is 23.7. The third-order valence-electron chi connectivity index (χ3n) is 9.91. The second kappa shape index (κ2) is 29.7. The van der Waals surface area contributed by atoms with Gasteiger partial charge in [0.15, 0.2) is 6.29 Å². The van der Waals surface area contributed by atoms with Crippen molar-refractivity contribution in [3.63, 3.8) is 0 Å². The van der Waals surface area contributed by atoms with Crippen molar-refractivity contribution in [2.75, 3.05) is 13.2 Å². The van der Waals surface area contributed by atoms with Crippen molar-refractivity contribution < 1.29 is 50.0 Å². The highest BCUT2D eigenvalue weighted by molar-refractivity contribution is 5.80. The van der Waals surface area contributed by atoms with E-state index >= 15 is 0 Å². The van der Waals surface area contributed by atoms with Gasteiger partial charge in [-0.1, -0.05) is 155 Å². The van der Waals surface area contributed by atoms with Gasteiger partial charge in [-0.2, -0.15) is 0 Å². The molecular weight excluding hydrogens is 630 g/mol. The SMILES string of the molecule is CCCCCCCCCCCCCCC(O)C(O)C(COC1OC(CO)C(O)C(O)C1O)NC(=O)C(O)CCCCCCCCCCCC. The topological polar surface area (TPSA) is 189 Å². The summed E-state index contributed by atoms with van der Waals surface area (Å²) < 4.78 is 11.0. The lowest BCUT2D eigenvalue weighted by atomic mass is 9.98. The fraction of sp³-hybridized carbons (Fsp3) is 0.974. The van der Waals surface area contributed by atoms with E-state index in [1.54, 1.807) is 0 Å². The molecule has 1 fully saturated rings. The van der Waals surface area contributed by atoms with Crippen molar-refractivity contribution in [3.8, 4) is 0 Å². The molecule has 292 valence electrons. The fourth-order valence-corrected chi connectivity index (χ4v) is 6.50. The quantitative estimate of drug-likeness (QED) is 0.0453. The van der Waals surface area contributed by atoms with Crippen LogP contribution in [0.15, 0.2) is 0 Å². The standard InChI is InChI=1S/C38H75NO10/c1-3-5-7-9-11-13-15-16-18-19-21-23-25-30(41)33(43)29(28-48-38-36(46)35(45)34(44)32(27-40)49-38)39-37(47)31(42)26-24-22-20-17-14-12-10-8-6-4-2/h29-36,38,40-46H,3-28H2,1-2H3,(H,39,47). The van der Waals surface area contributed by atoms with Crippen molar-refractivity contribution in [2.45, 2.75) is 223 Å². The largest absolute Gasteiger partial charge is 0.394 e. The molecule has 1 amide bonds. The molecule has 1 heterocycles. The molecule has 0 aliphatic carbocycles. The summed E-state index contributed by atoms with van der Waals surface area (Å²) in [5.74, 6) is -0.699. The van der Waals surface area contributed by atoms with Gasteiger partial charge in [0, 0.05) is 0 Å². The number of carbonyl (C=O) groups is 1. The van der Waals surface area contributed by atoms with Crippen LogP contribution >= 0.6 is 0 Å². The van der Waals surface area contributed by atoms with Gasteiger partial charge in [-0.05, 0) is 12.8 Å². The third kappa shape index (κ3) is 20.7. The molecule has 0 aromatic heterocycles. The van der Waals surface area contributed by atoms with Crippen molar-refractivity contribution >= 4 is 5.91 Å². The highest BCUT2D eigenvalue weighted by Crippen LogP contribution is 2.23. The molecule has 1 aliphatic rings. The number of carbonyl (C=O) groups excluding carboxylic acids is 1. The van der Waals surface area contributed by atoms with Crippen molar-refractivity contribution in [3.05, 3.63) is 0 Å². The Morgan fingerprint density at radius 3 is 1.51 bits per heavy atom. The van der Waals surface area contributed by atoms with Gasteiger partial charge in [0.2, 0.25) is 5.91 Å². The maximum absolute atomic E-state index is 13.0. The van der Waals surface area contributed by atoms with E-state index in [1.807, 2.05) is 0 Å². The Bertz CT molecular complexity index is 775. The van der Waals surface area contributed by atoms with Gasteiger partial charge in [-0.25, -0.2) is 0 Å². The summed E-state index contributed by atoms with van der Waals surface area (Å²) in [6.45, 7) is 3.39. The van der Waals surface area contributed by atoms with Gasteiger partial charge in [0.05, 0.1) is 25.4 Å². The number of aliphatic hydroxyl groups is 7. The number of hydrogen-bond acceptors (Lipinski definition) is 10. The van der Waals surface area contributed by atoms with Crippen LogP contribution in [0.4, 0.5) is 0 Å². The Hall–Kier alpha value is -0.890. The first-order chi connectivity index (χ1) is 23.7. The molecule has 1 rings (SSSR count). The van der Waals surface area contributed by atoms with Gasteiger partial charge in [-0.3, -0.25) is 4.79 Å². The zero-order chi connectivity index (χ0) is 36.3. The monoisotopic (exact) mass is 706 g/mol. The van der Waals surface area contributed by atoms with Gasteiger partial charge in [0.1, 0.15) is 36.6 Å². The number of rotatable bonds is 32. The molecule has 1 aliphatic heterocycles. The molecule has 9 unspecified atom stereocenters. The van der Waals surface area contributed by atoms with Gasteiger partial charge in [0.25, 0.3) is 0 Å². The average Bonchev–Trinajstić information content (AvgIpc) is 3.10. The van der Waals surface area contributed by atoms with E-state index < -0.39 is 74.2 Å². The molecule has 0 bridgehead atoms. The first kappa shape index (κ1) is 46.1. The summed E-state index contributed by atoms with van der Waals surface area (Å²) in [5, 5.41) is 75.2. The zero-order valence-corrected chi connectivity index (χ0v) is 30.9. The van der Waals surface area contributed by atoms with Crippen LogP contribution in [0.25, 0.3) is 0 Å². The summed E-state index contributed by atoms with van der Waals surface area (Å²) in [7, 11) is 0. The van der Waals surface area contributed by atoms with E-state index in [1.165, 1.54) is 89.9 Å². The van der Waals surface area contributed by atoms with E-state index in [9.17, 15) is 40.5 Å². The number of unbranched alkanes of at least 4 members (excludes halogenated alkanes) is 20. The lowest BCUT2D eigenvalue weighted by molar-refractivity contribution is -0.303. The molecule has 9 atom stereocenters. The minimum absolute atomic E-state index is 0.264. The zero-order valence-electron chi connectivity index (χ0n) is 30.9. The van der Waals surface area contributed by atoms with E-state index in [2.05, 4.69) is 19.2 Å². The molecule has 0 saturated carbocycles. The summed E-state index contributed by atoms with van der Waals surface area (Å²) in [4.78, 5) is 13.0. The molecule has 0 radical (unpaired) electrons. The smallest absolute Gasteiger partial charge is 0.249 e. The van der Waals surface area contributed by atoms with E-state index in [0.717, 1.165) is 38.5 Å². The van der Waals surface area contributed by atoms with Crippen LogP contribution < -0.4 is 5.32 Å². The van der Waals surface area contributed by atoms with Gasteiger partial charge < -0.3 is 50.5 Å². The maximum atomic E-state index is 13.0. The molecule has 0 spiro atoms. The van der Waals surface area contributed by atoms with Crippen LogP contribution in [-0.2, 0) is 14.3 Å². The van der Waals surface area contributed by atoms with Crippen molar-refractivity contribution in [1.29, 1.82) is 0 Å². The van der Waals surface area contributed by atoms with Crippen molar-refractivity contribution in [2.24, 2.45) is 0 Å². The minimum Gasteiger partial charge on any atom is -0.394 e. The average molecular weight is 706 g/mol. The highest BCUT2D eigenvalue weighted by Gasteiger charge is 2.44. The minimum atomic E-state index is -1.65. The molecular formula is C38H75NO10. The third-order valence-corrected chi connectivity index (χ3v) is 9.91.